The molecule has 27 heavy (non-hydrogen) atoms. The fraction of sp³-hybridized carbons (Fsp3) is 0.600. The number of likely N-dealkylation sites (tertiary alicyclic amines) is 1. The van der Waals surface area contributed by atoms with Crippen LogP contribution < -0.4 is 0 Å². The summed E-state index contributed by atoms with van der Waals surface area (Å²) in [5, 5.41) is 0. The zero-order chi connectivity index (χ0) is 19.6. The van der Waals surface area contributed by atoms with Crippen molar-refractivity contribution in [3.05, 3.63) is 35.4 Å². The third-order valence-corrected chi connectivity index (χ3v) is 5.40. The van der Waals surface area contributed by atoms with Gasteiger partial charge in [0.1, 0.15) is 11.6 Å². The molecule has 2 aliphatic rings. The molecule has 0 spiro atoms. The van der Waals surface area contributed by atoms with Crippen molar-refractivity contribution in [2.24, 2.45) is 11.8 Å². The third kappa shape index (κ3) is 4.83. The molecule has 2 heterocycles. The van der Waals surface area contributed by atoms with Crippen molar-refractivity contribution in [2.75, 3.05) is 45.8 Å². The summed E-state index contributed by atoms with van der Waals surface area (Å²) in [4.78, 5) is 30.6. The summed E-state index contributed by atoms with van der Waals surface area (Å²) >= 11 is 0. The molecule has 2 amide bonds. The average molecular weight is 379 g/mol. The molecule has 5 nitrogen and oxygen atoms in total. The van der Waals surface area contributed by atoms with Crippen molar-refractivity contribution in [3.63, 3.8) is 0 Å². The Morgan fingerprint density at radius 2 is 1.63 bits per heavy atom. The van der Waals surface area contributed by atoms with E-state index in [0.29, 0.717) is 44.6 Å². The van der Waals surface area contributed by atoms with E-state index in [2.05, 4.69) is 13.8 Å². The number of hydrogen-bond donors (Lipinski definition) is 0. The number of carbonyl (C=O) groups is 2. The lowest BCUT2D eigenvalue weighted by Crippen LogP contribution is -2.53. The van der Waals surface area contributed by atoms with Gasteiger partial charge in [-0.3, -0.25) is 14.5 Å². The Labute approximate surface area is 158 Å². The number of nitrogens with zero attached hydrogens (tertiary/aromatic N) is 3. The lowest BCUT2D eigenvalue weighted by molar-refractivity contribution is -0.135. The predicted octanol–water partition coefficient (Wildman–Crippen LogP) is 2.23. The van der Waals surface area contributed by atoms with Crippen molar-refractivity contribution < 1.29 is 18.4 Å². The molecule has 2 atom stereocenters. The van der Waals surface area contributed by atoms with Crippen LogP contribution in [-0.2, 0) is 4.79 Å². The van der Waals surface area contributed by atoms with Crippen LogP contribution >= 0.6 is 0 Å². The number of amides is 2. The molecule has 0 bridgehead atoms. The summed E-state index contributed by atoms with van der Waals surface area (Å²) in [6, 6.07) is 3.00. The summed E-state index contributed by atoms with van der Waals surface area (Å²) in [7, 11) is 0. The van der Waals surface area contributed by atoms with Gasteiger partial charge in [-0.2, -0.15) is 0 Å². The quantitative estimate of drug-likeness (QED) is 0.809. The molecular formula is C20H27F2N3O2. The molecule has 1 aromatic rings. The summed E-state index contributed by atoms with van der Waals surface area (Å²) in [5.74, 6) is -0.787. The normalized spacial score (nSPS) is 24.1. The van der Waals surface area contributed by atoms with E-state index in [1.54, 1.807) is 4.90 Å². The number of rotatable bonds is 3. The maximum absolute atomic E-state index is 13.8. The van der Waals surface area contributed by atoms with Crippen molar-refractivity contribution in [2.45, 2.75) is 20.3 Å². The van der Waals surface area contributed by atoms with Gasteiger partial charge in [-0.1, -0.05) is 13.8 Å². The number of piperidine rings is 1. The fourth-order valence-corrected chi connectivity index (χ4v) is 4.10. The van der Waals surface area contributed by atoms with E-state index < -0.39 is 17.5 Å². The van der Waals surface area contributed by atoms with Crippen LogP contribution in [0.4, 0.5) is 8.78 Å². The first-order chi connectivity index (χ1) is 12.8. The number of hydrogen-bond acceptors (Lipinski definition) is 3. The molecule has 2 fully saturated rings. The van der Waals surface area contributed by atoms with E-state index in [9.17, 15) is 18.4 Å². The van der Waals surface area contributed by atoms with Crippen molar-refractivity contribution in [3.8, 4) is 0 Å². The van der Waals surface area contributed by atoms with Gasteiger partial charge in [0.05, 0.1) is 12.1 Å². The van der Waals surface area contributed by atoms with E-state index in [1.165, 1.54) is 6.07 Å². The molecule has 0 radical (unpaired) electrons. The first kappa shape index (κ1) is 19.7. The first-order valence-electron chi connectivity index (χ1n) is 9.58. The molecule has 2 saturated heterocycles. The van der Waals surface area contributed by atoms with Crippen molar-refractivity contribution >= 4 is 11.8 Å². The van der Waals surface area contributed by atoms with Crippen LogP contribution in [-0.4, -0.2) is 72.3 Å². The molecule has 0 aromatic heterocycles. The fourth-order valence-electron chi connectivity index (χ4n) is 4.10. The Bertz CT molecular complexity index is 694. The van der Waals surface area contributed by atoms with Gasteiger partial charge in [-0.25, -0.2) is 8.78 Å². The van der Waals surface area contributed by atoms with Gasteiger partial charge in [0, 0.05) is 45.3 Å². The molecule has 0 aliphatic carbocycles. The van der Waals surface area contributed by atoms with Crippen LogP contribution in [0.5, 0.6) is 0 Å². The van der Waals surface area contributed by atoms with Crippen molar-refractivity contribution in [1.82, 2.24) is 14.7 Å². The number of halogens is 2. The van der Waals surface area contributed by atoms with E-state index in [4.69, 9.17) is 0 Å². The second-order valence-corrected chi connectivity index (χ2v) is 7.94. The summed E-state index contributed by atoms with van der Waals surface area (Å²) in [6.07, 6.45) is 1.16. The molecule has 0 saturated carbocycles. The lowest BCUT2D eigenvalue weighted by atomic mass is 9.92. The van der Waals surface area contributed by atoms with Gasteiger partial charge in [0.25, 0.3) is 5.91 Å². The highest BCUT2D eigenvalue weighted by Crippen LogP contribution is 2.21. The predicted molar refractivity (Wildman–Crippen MR) is 98.2 cm³/mol. The SMILES string of the molecule is CC1CC(C)CN(C(=O)CN2CCN(C(=O)c3ccc(F)cc3F)CC2)C1. The lowest BCUT2D eigenvalue weighted by Gasteiger charge is -2.38. The van der Waals surface area contributed by atoms with Gasteiger partial charge in [-0.05, 0) is 30.4 Å². The highest BCUT2D eigenvalue weighted by molar-refractivity contribution is 5.94. The Balaban J connectivity index is 1.51. The maximum atomic E-state index is 13.8. The van der Waals surface area contributed by atoms with Gasteiger partial charge in [-0.15, -0.1) is 0 Å². The highest BCUT2D eigenvalue weighted by atomic mass is 19.1. The van der Waals surface area contributed by atoms with Crippen LogP contribution in [0.1, 0.15) is 30.6 Å². The number of carbonyl (C=O) groups excluding carboxylic acids is 2. The Kier molecular flexibility index (Phi) is 6.09. The van der Waals surface area contributed by atoms with Crippen LogP contribution in [0.3, 0.4) is 0 Å². The molecular weight excluding hydrogens is 352 g/mol. The molecule has 2 unspecified atom stereocenters. The Hall–Kier alpha value is -2.02. The minimum atomic E-state index is -0.842. The zero-order valence-corrected chi connectivity index (χ0v) is 16.0. The number of benzene rings is 1. The summed E-state index contributed by atoms with van der Waals surface area (Å²) in [6.45, 7) is 8.32. The second kappa shape index (κ2) is 8.33. The molecule has 0 N–H and O–H groups in total. The standard InChI is InChI=1S/C20H27F2N3O2/c1-14-9-15(2)12-25(11-14)19(26)13-23-5-7-24(8-6-23)20(27)17-4-3-16(21)10-18(17)22/h3-4,10,14-15H,5-9,11-13H2,1-2H3. The zero-order valence-electron chi connectivity index (χ0n) is 16.0. The van der Waals surface area contributed by atoms with Gasteiger partial charge < -0.3 is 9.80 Å². The van der Waals surface area contributed by atoms with Crippen molar-refractivity contribution in [1.29, 1.82) is 0 Å². The van der Waals surface area contributed by atoms with E-state index in [-0.39, 0.29) is 11.5 Å². The molecule has 2 aliphatic heterocycles. The monoisotopic (exact) mass is 379 g/mol. The van der Waals surface area contributed by atoms with Gasteiger partial charge >= 0.3 is 0 Å². The smallest absolute Gasteiger partial charge is 0.256 e. The molecule has 3 rings (SSSR count). The van der Waals surface area contributed by atoms with Crippen LogP contribution in [0.2, 0.25) is 0 Å². The summed E-state index contributed by atoms with van der Waals surface area (Å²) in [5.41, 5.74) is -0.114. The molecule has 1 aromatic carbocycles. The molecule has 148 valence electrons. The van der Waals surface area contributed by atoms with E-state index >= 15 is 0 Å². The third-order valence-electron chi connectivity index (χ3n) is 5.40. The second-order valence-electron chi connectivity index (χ2n) is 7.94. The van der Waals surface area contributed by atoms with Crippen LogP contribution in [0.15, 0.2) is 18.2 Å². The first-order valence-corrected chi connectivity index (χ1v) is 9.58. The topological polar surface area (TPSA) is 43.9 Å². The number of piperazine rings is 1. The van der Waals surface area contributed by atoms with E-state index in [1.807, 2.05) is 9.80 Å². The Morgan fingerprint density at radius 3 is 2.22 bits per heavy atom. The minimum absolute atomic E-state index is 0.114. The van der Waals surface area contributed by atoms with E-state index in [0.717, 1.165) is 31.6 Å². The van der Waals surface area contributed by atoms with Gasteiger partial charge in [0.15, 0.2) is 0 Å². The maximum Gasteiger partial charge on any atom is 0.256 e. The summed E-state index contributed by atoms with van der Waals surface area (Å²) < 4.78 is 26.8. The van der Waals surface area contributed by atoms with Crippen LogP contribution in [0, 0.1) is 23.5 Å². The molecule has 7 heteroatoms. The van der Waals surface area contributed by atoms with Gasteiger partial charge in [0.2, 0.25) is 5.91 Å². The highest BCUT2D eigenvalue weighted by Gasteiger charge is 2.29. The largest absolute Gasteiger partial charge is 0.341 e. The minimum Gasteiger partial charge on any atom is -0.341 e. The van der Waals surface area contributed by atoms with Crippen LogP contribution in [0.25, 0.3) is 0 Å². The average Bonchev–Trinajstić information content (AvgIpc) is 2.61. The Morgan fingerprint density at radius 1 is 1.00 bits per heavy atom.